The molecule has 0 saturated carbocycles. The molecule has 3 rings (SSSR count). The average Bonchev–Trinajstić information content (AvgIpc) is 2.56. The third kappa shape index (κ3) is 2.58. The summed E-state index contributed by atoms with van der Waals surface area (Å²) in [5, 5.41) is 11.0. The maximum atomic E-state index is 12.8. The molecule has 22 heavy (non-hydrogen) atoms. The molecule has 0 aliphatic rings. The molecule has 1 N–H and O–H groups in total. The third-order valence-corrected chi connectivity index (χ3v) is 3.91. The van der Waals surface area contributed by atoms with Crippen molar-refractivity contribution in [2.75, 3.05) is 0 Å². The van der Waals surface area contributed by atoms with Gasteiger partial charge in [0, 0.05) is 22.7 Å². The fourth-order valence-corrected chi connectivity index (χ4v) is 2.74. The standard InChI is InChI=1S/C19H17NO2/c1-2-15(16-8-4-6-10-18(16)21)19(22)14-11-13-7-3-5-9-17(13)20-12-14/h3-12,15,21H,2H2,1H3. The Morgan fingerprint density at radius 2 is 1.86 bits per heavy atom. The van der Waals surface area contributed by atoms with Gasteiger partial charge in [0.2, 0.25) is 0 Å². The summed E-state index contributed by atoms with van der Waals surface area (Å²) in [5.41, 5.74) is 2.12. The zero-order valence-corrected chi connectivity index (χ0v) is 12.4. The van der Waals surface area contributed by atoms with Crippen LogP contribution >= 0.6 is 0 Å². The molecule has 1 atom stereocenters. The molecule has 0 bridgehead atoms. The number of aromatic hydroxyl groups is 1. The Morgan fingerprint density at radius 1 is 1.14 bits per heavy atom. The first-order chi connectivity index (χ1) is 10.7. The summed E-state index contributed by atoms with van der Waals surface area (Å²) in [6, 6.07) is 16.6. The van der Waals surface area contributed by atoms with E-state index in [1.165, 1.54) is 0 Å². The van der Waals surface area contributed by atoms with Crippen LogP contribution < -0.4 is 0 Å². The quantitative estimate of drug-likeness (QED) is 0.728. The zero-order chi connectivity index (χ0) is 15.5. The molecule has 1 unspecified atom stereocenters. The fraction of sp³-hybridized carbons (Fsp3) is 0.158. The molecule has 0 aliphatic carbocycles. The van der Waals surface area contributed by atoms with E-state index < -0.39 is 0 Å². The van der Waals surface area contributed by atoms with Crippen LogP contribution in [0.5, 0.6) is 5.75 Å². The number of hydrogen-bond acceptors (Lipinski definition) is 3. The molecule has 1 heterocycles. The lowest BCUT2D eigenvalue weighted by Crippen LogP contribution is -2.12. The average molecular weight is 291 g/mol. The number of carbonyl (C=O) groups excluding carboxylic acids is 1. The number of rotatable bonds is 4. The highest BCUT2D eigenvalue weighted by Gasteiger charge is 2.23. The molecule has 0 aliphatic heterocycles. The molecule has 110 valence electrons. The van der Waals surface area contributed by atoms with Crippen molar-refractivity contribution < 1.29 is 9.90 Å². The fourth-order valence-electron chi connectivity index (χ4n) is 2.74. The summed E-state index contributed by atoms with van der Waals surface area (Å²) >= 11 is 0. The number of para-hydroxylation sites is 2. The highest BCUT2D eigenvalue weighted by molar-refractivity contribution is 6.03. The molecular weight excluding hydrogens is 274 g/mol. The van der Waals surface area contributed by atoms with Crippen molar-refractivity contribution in [2.24, 2.45) is 0 Å². The molecular formula is C19H17NO2. The summed E-state index contributed by atoms with van der Waals surface area (Å²) in [6.45, 7) is 1.95. The summed E-state index contributed by atoms with van der Waals surface area (Å²) in [7, 11) is 0. The van der Waals surface area contributed by atoms with Crippen LogP contribution in [0.3, 0.4) is 0 Å². The summed E-state index contributed by atoms with van der Waals surface area (Å²) in [4.78, 5) is 17.2. The van der Waals surface area contributed by atoms with Gasteiger partial charge in [-0.25, -0.2) is 0 Å². The normalized spacial score (nSPS) is 12.2. The Hall–Kier alpha value is -2.68. The van der Waals surface area contributed by atoms with E-state index in [0.717, 1.165) is 10.9 Å². The van der Waals surface area contributed by atoms with E-state index in [4.69, 9.17) is 0 Å². The van der Waals surface area contributed by atoms with Crippen LogP contribution in [0.4, 0.5) is 0 Å². The topological polar surface area (TPSA) is 50.2 Å². The molecule has 0 saturated heterocycles. The first-order valence-corrected chi connectivity index (χ1v) is 7.37. The minimum Gasteiger partial charge on any atom is -0.508 e. The molecule has 0 spiro atoms. The van der Waals surface area contributed by atoms with Gasteiger partial charge in [0.25, 0.3) is 0 Å². The molecule has 0 amide bonds. The number of fused-ring (bicyclic) bond motifs is 1. The number of phenolic OH excluding ortho intramolecular Hbond substituents is 1. The molecule has 1 aromatic heterocycles. The van der Waals surface area contributed by atoms with Gasteiger partial charge in [-0.15, -0.1) is 0 Å². The van der Waals surface area contributed by atoms with Gasteiger partial charge in [-0.2, -0.15) is 0 Å². The largest absolute Gasteiger partial charge is 0.508 e. The van der Waals surface area contributed by atoms with Gasteiger partial charge in [-0.3, -0.25) is 9.78 Å². The van der Waals surface area contributed by atoms with Crippen LogP contribution in [0.25, 0.3) is 10.9 Å². The lowest BCUT2D eigenvalue weighted by molar-refractivity contribution is 0.0955. The van der Waals surface area contributed by atoms with Gasteiger partial charge >= 0.3 is 0 Å². The van der Waals surface area contributed by atoms with Crippen LogP contribution in [0, 0.1) is 0 Å². The Bertz CT molecular complexity index is 826. The van der Waals surface area contributed by atoms with Crippen LogP contribution in [0.15, 0.2) is 60.8 Å². The van der Waals surface area contributed by atoms with E-state index >= 15 is 0 Å². The minimum absolute atomic E-state index is 0.0118. The van der Waals surface area contributed by atoms with Crippen molar-refractivity contribution in [3.8, 4) is 5.75 Å². The van der Waals surface area contributed by atoms with Crippen molar-refractivity contribution >= 4 is 16.7 Å². The predicted molar refractivity (Wildman–Crippen MR) is 87.2 cm³/mol. The smallest absolute Gasteiger partial charge is 0.172 e. The van der Waals surface area contributed by atoms with Gasteiger partial charge < -0.3 is 5.11 Å². The number of pyridine rings is 1. The van der Waals surface area contributed by atoms with E-state index in [2.05, 4.69) is 4.98 Å². The van der Waals surface area contributed by atoms with Gasteiger partial charge in [0.05, 0.1) is 11.4 Å². The van der Waals surface area contributed by atoms with E-state index in [1.54, 1.807) is 24.4 Å². The maximum absolute atomic E-state index is 12.8. The number of carbonyl (C=O) groups is 1. The predicted octanol–water partition coefficient (Wildman–Crippen LogP) is 4.32. The molecule has 3 aromatic rings. The van der Waals surface area contributed by atoms with Crippen LogP contribution in [-0.4, -0.2) is 15.9 Å². The molecule has 3 heteroatoms. The number of hydrogen-bond donors (Lipinski definition) is 1. The number of benzene rings is 2. The monoisotopic (exact) mass is 291 g/mol. The molecule has 2 aromatic carbocycles. The summed E-state index contributed by atoms with van der Waals surface area (Å²) in [6.07, 6.45) is 2.25. The first kappa shape index (κ1) is 14.3. The first-order valence-electron chi connectivity index (χ1n) is 7.37. The van der Waals surface area contributed by atoms with Gasteiger partial charge in [-0.05, 0) is 24.6 Å². The Labute approximate surface area is 129 Å². The lowest BCUT2D eigenvalue weighted by Gasteiger charge is -2.15. The SMILES string of the molecule is CCC(C(=O)c1cnc2ccccc2c1)c1ccccc1O. The van der Waals surface area contributed by atoms with Crippen molar-refractivity contribution in [1.82, 2.24) is 4.98 Å². The summed E-state index contributed by atoms with van der Waals surface area (Å²) < 4.78 is 0. The van der Waals surface area contributed by atoms with Crippen molar-refractivity contribution in [2.45, 2.75) is 19.3 Å². The highest BCUT2D eigenvalue weighted by Crippen LogP contribution is 2.31. The van der Waals surface area contributed by atoms with Crippen molar-refractivity contribution in [1.29, 1.82) is 0 Å². The molecule has 0 radical (unpaired) electrons. The van der Waals surface area contributed by atoms with Gasteiger partial charge in [-0.1, -0.05) is 43.3 Å². The van der Waals surface area contributed by atoms with Crippen molar-refractivity contribution in [3.05, 3.63) is 71.9 Å². The second-order valence-corrected chi connectivity index (χ2v) is 5.30. The van der Waals surface area contributed by atoms with Crippen LogP contribution in [0.1, 0.15) is 35.2 Å². The lowest BCUT2D eigenvalue weighted by atomic mass is 9.88. The van der Waals surface area contributed by atoms with Gasteiger partial charge in [0.1, 0.15) is 5.75 Å². The highest BCUT2D eigenvalue weighted by atomic mass is 16.3. The van der Waals surface area contributed by atoms with Crippen molar-refractivity contribution in [3.63, 3.8) is 0 Å². The van der Waals surface area contributed by atoms with E-state index in [1.807, 2.05) is 43.3 Å². The second kappa shape index (κ2) is 5.98. The third-order valence-electron chi connectivity index (χ3n) is 3.91. The van der Waals surface area contributed by atoms with Crippen LogP contribution in [-0.2, 0) is 0 Å². The minimum atomic E-state index is -0.357. The molecule has 0 fully saturated rings. The Morgan fingerprint density at radius 3 is 2.64 bits per heavy atom. The van der Waals surface area contributed by atoms with Crippen LogP contribution in [0.2, 0.25) is 0 Å². The zero-order valence-electron chi connectivity index (χ0n) is 12.4. The molecule has 3 nitrogen and oxygen atoms in total. The number of Topliss-reactive ketones (excluding diaryl/α,β-unsaturated/α-hetero) is 1. The number of phenols is 1. The number of ketones is 1. The van der Waals surface area contributed by atoms with E-state index in [9.17, 15) is 9.90 Å². The van der Waals surface area contributed by atoms with E-state index in [0.29, 0.717) is 17.5 Å². The number of aromatic nitrogens is 1. The number of nitrogens with zero attached hydrogens (tertiary/aromatic N) is 1. The summed E-state index contributed by atoms with van der Waals surface area (Å²) in [5.74, 6) is -0.206. The Kier molecular flexibility index (Phi) is 3.88. The van der Waals surface area contributed by atoms with Gasteiger partial charge in [0.15, 0.2) is 5.78 Å². The maximum Gasteiger partial charge on any atom is 0.172 e. The Balaban J connectivity index is 2.01. The second-order valence-electron chi connectivity index (χ2n) is 5.30. The van der Waals surface area contributed by atoms with E-state index in [-0.39, 0.29) is 17.5 Å².